The number of hydrogen-bond acceptors (Lipinski definition) is 2. The molecule has 0 atom stereocenters. The van der Waals surface area contributed by atoms with Crippen molar-refractivity contribution in [1.82, 2.24) is 4.90 Å². The molecule has 0 rings (SSSR count). The van der Waals surface area contributed by atoms with E-state index in [4.69, 9.17) is 0 Å². The minimum atomic E-state index is 0.00194. The molecule has 0 saturated carbocycles. The number of rotatable bonds is 3. The molecule has 0 aromatic heterocycles. The Morgan fingerprint density at radius 1 is 1.67 bits per heavy atom. The predicted molar refractivity (Wildman–Crippen MR) is 34.0 cm³/mol. The van der Waals surface area contributed by atoms with Crippen molar-refractivity contribution in [2.24, 2.45) is 0 Å². The number of amides is 1. The van der Waals surface area contributed by atoms with Gasteiger partial charge in [-0.05, 0) is 0 Å². The Morgan fingerprint density at radius 3 is 2.56 bits per heavy atom. The molecule has 52 valence electrons. The Morgan fingerprint density at radius 2 is 2.22 bits per heavy atom. The number of carbonyl (C=O) groups excluding carboxylic acids is 2. The molecule has 0 unspecified atom stereocenters. The monoisotopic (exact) mass is 129 g/mol. The summed E-state index contributed by atoms with van der Waals surface area (Å²) in [6, 6.07) is 0. The highest BCUT2D eigenvalue weighted by Crippen LogP contribution is 1.85. The summed E-state index contributed by atoms with van der Waals surface area (Å²) < 4.78 is 0. The second-order valence-corrected chi connectivity index (χ2v) is 1.79. The lowest BCUT2D eigenvalue weighted by Gasteiger charge is -2.10. The highest BCUT2D eigenvalue weighted by atomic mass is 16.2. The van der Waals surface area contributed by atoms with E-state index in [-0.39, 0.29) is 12.5 Å². The standard InChI is InChI=1S/C6H11NO2/c1-3-6(9)7(2)4-5-8/h5H,3-4H2,1-2H3. The smallest absolute Gasteiger partial charge is 0.222 e. The molecular formula is C6H11NO2. The molecule has 0 saturated heterocycles. The molecule has 0 bridgehead atoms. The summed E-state index contributed by atoms with van der Waals surface area (Å²) in [5, 5.41) is 0. The SMILES string of the molecule is CCC(=O)N(C)CC=O. The molecule has 0 fully saturated rings. The Balaban J connectivity index is 3.58. The Hall–Kier alpha value is -0.860. The molecule has 1 amide bonds. The fourth-order valence-electron chi connectivity index (χ4n) is 0.484. The minimum absolute atomic E-state index is 0.00194. The molecule has 0 aromatic carbocycles. The maximum Gasteiger partial charge on any atom is 0.222 e. The van der Waals surface area contributed by atoms with Crippen LogP contribution in [0.15, 0.2) is 0 Å². The van der Waals surface area contributed by atoms with Gasteiger partial charge in [-0.15, -0.1) is 0 Å². The summed E-state index contributed by atoms with van der Waals surface area (Å²) in [6.45, 7) is 1.97. The number of hydrogen-bond donors (Lipinski definition) is 0. The second kappa shape index (κ2) is 4.06. The van der Waals surface area contributed by atoms with Crippen LogP contribution >= 0.6 is 0 Å². The first-order valence-corrected chi connectivity index (χ1v) is 2.90. The van der Waals surface area contributed by atoms with E-state index in [9.17, 15) is 9.59 Å². The highest BCUT2D eigenvalue weighted by molar-refractivity contribution is 5.77. The van der Waals surface area contributed by atoms with Crippen LogP contribution in [0.1, 0.15) is 13.3 Å². The van der Waals surface area contributed by atoms with E-state index in [1.165, 1.54) is 4.90 Å². The third kappa shape index (κ3) is 2.85. The maximum atomic E-state index is 10.7. The first kappa shape index (κ1) is 8.14. The largest absolute Gasteiger partial charge is 0.339 e. The zero-order valence-corrected chi connectivity index (χ0v) is 5.76. The molecule has 0 aromatic rings. The fraction of sp³-hybridized carbons (Fsp3) is 0.667. The van der Waals surface area contributed by atoms with Crippen LogP contribution in [-0.2, 0) is 9.59 Å². The minimum Gasteiger partial charge on any atom is -0.339 e. The fourth-order valence-corrected chi connectivity index (χ4v) is 0.484. The number of aldehydes is 1. The van der Waals surface area contributed by atoms with E-state index in [0.29, 0.717) is 12.7 Å². The van der Waals surface area contributed by atoms with E-state index < -0.39 is 0 Å². The topological polar surface area (TPSA) is 37.4 Å². The second-order valence-electron chi connectivity index (χ2n) is 1.79. The Bertz CT molecular complexity index is 112. The highest BCUT2D eigenvalue weighted by Gasteiger charge is 2.02. The van der Waals surface area contributed by atoms with Crippen LogP contribution in [-0.4, -0.2) is 30.7 Å². The molecule has 0 aliphatic carbocycles. The summed E-state index contributed by atoms with van der Waals surface area (Å²) in [6.07, 6.45) is 1.18. The quantitative estimate of drug-likeness (QED) is 0.505. The molecule has 9 heavy (non-hydrogen) atoms. The van der Waals surface area contributed by atoms with Crippen LogP contribution in [0.3, 0.4) is 0 Å². The van der Waals surface area contributed by atoms with Crippen LogP contribution in [0.25, 0.3) is 0 Å². The normalized spacial score (nSPS) is 8.67. The Kier molecular flexibility index (Phi) is 3.67. The van der Waals surface area contributed by atoms with Crippen LogP contribution in [0.5, 0.6) is 0 Å². The molecule has 0 aliphatic rings. The predicted octanol–water partition coefficient (Wildman–Crippen LogP) is 0.0537. The van der Waals surface area contributed by atoms with Gasteiger partial charge in [0.15, 0.2) is 0 Å². The average molecular weight is 129 g/mol. The van der Waals surface area contributed by atoms with Crippen molar-refractivity contribution in [2.75, 3.05) is 13.6 Å². The zero-order chi connectivity index (χ0) is 7.28. The van der Waals surface area contributed by atoms with Crippen LogP contribution < -0.4 is 0 Å². The van der Waals surface area contributed by atoms with Gasteiger partial charge < -0.3 is 9.69 Å². The summed E-state index contributed by atoms with van der Waals surface area (Å²) in [5.74, 6) is 0.00194. The van der Waals surface area contributed by atoms with Gasteiger partial charge in [-0.25, -0.2) is 0 Å². The molecule has 0 aliphatic heterocycles. The Labute approximate surface area is 54.6 Å². The van der Waals surface area contributed by atoms with E-state index >= 15 is 0 Å². The van der Waals surface area contributed by atoms with Gasteiger partial charge in [0, 0.05) is 13.5 Å². The van der Waals surface area contributed by atoms with Crippen LogP contribution in [0.2, 0.25) is 0 Å². The first-order valence-electron chi connectivity index (χ1n) is 2.90. The molecule has 0 N–H and O–H groups in total. The number of likely N-dealkylation sites (N-methyl/N-ethyl adjacent to an activating group) is 1. The number of nitrogens with zero attached hydrogens (tertiary/aromatic N) is 1. The lowest BCUT2D eigenvalue weighted by molar-refractivity contribution is -0.131. The van der Waals surface area contributed by atoms with Gasteiger partial charge in [0.1, 0.15) is 6.29 Å². The van der Waals surface area contributed by atoms with Crippen molar-refractivity contribution in [3.8, 4) is 0 Å². The van der Waals surface area contributed by atoms with Crippen molar-refractivity contribution < 1.29 is 9.59 Å². The van der Waals surface area contributed by atoms with Gasteiger partial charge >= 0.3 is 0 Å². The van der Waals surface area contributed by atoms with Gasteiger partial charge in [-0.3, -0.25) is 4.79 Å². The van der Waals surface area contributed by atoms with Gasteiger partial charge in [-0.2, -0.15) is 0 Å². The molecule has 3 heteroatoms. The third-order valence-electron chi connectivity index (χ3n) is 1.08. The van der Waals surface area contributed by atoms with Crippen molar-refractivity contribution in [2.45, 2.75) is 13.3 Å². The van der Waals surface area contributed by atoms with Crippen LogP contribution in [0.4, 0.5) is 0 Å². The van der Waals surface area contributed by atoms with Crippen molar-refractivity contribution >= 4 is 12.2 Å². The van der Waals surface area contributed by atoms with E-state index in [1.54, 1.807) is 14.0 Å². The first-order chi connectivity index (χ1) is 4.22. The van der Waals surface area contributed by atoms with Gasteiger partial charge in [-0.1, -0.05) is 6.92 Å². The number of carbonyl (C=O) groups is 2. The van der Waals surface area contributed by atoms with Crippen LogP contribution in [0, 0.1) is 0 Å². The van der Waals surface area contributed by atoms with Crippen molar-refractivity contribution in [1.29, 1.82) is 0 Å². The third-order valence-corrected chi connectivity index (χ3v) is 1.08. The summed E-state index contributed by atoms with van der Waals surface area (Å²) in [5.41, 5.74) is 0. The summed E-state index contributed by atoms with van der Waals surface area (Å²) in [4.78, 5) is 21.9. The lowest BCUT2D eigenvalue weighted by atomic mass is 10.4. The van der Waals surface area contributed by atoms with Crippen molar-refractivity contribution in [3.05, 3.63) is 0 Å². The zero-order valence-electron chi connectivity index (χ0n) is 5.76. The lowest BCUT2D eigenvalue weighted by Crippen LogP contribution is -2.27. The molecule has 3 nitrogen and oxygen atoms in total. The van der Waals surface area contributed by atoms with E-state index in [1.807, 2.05) is 0 Å². The molecule has 0 spiro atoms. The summed E-state index contributed by atoms with van der Waals surface area (Å²) in [7, 11) is 1.61. The van der Waals surface area contributed by atoms with E-state index in [0.717, 1.165) is 0 Å². The van der Waals surface area contributed by atoms with Gasteiger partial charge in [0.05, 0.1) is 6.54 Å². The van der Waals surface area contributed by atoms with E-state index in [2.05, 4.69) is 0 Å². The van der Waals surface area contributed by atoms with Crippen molar-refractivity contribution in [3.63, 3.8) is 0 Å². The van der Waals surface area contributed by atoms with Gasteiger partial charge in [0.2, 0.25) is 5.91 Å². The molecule has 0 heterocycles. The maximum absolute atomic E-state index is 10.7. The molecular weight excluding hydrogens is 118 g/mol. The average Bonchev–Trinajstić information content (AvgIpc) is 1.87. The van der Waals surface area contributed by atoms with Gasteiger partial charge in [0.25, 0.3) is 0 Å². The summed E-state index contributed by atoms with van der Waals surface area (Å²) >= 11 is 0. The molecule has 0 radical (unpaired) electrons.